The highest BCUT2D eigenvalue weighted by Gasteiger charge is 2.11. The van der Waals surface area contributed by atoms with Crippen LogP contribution in [0.25, 0.3) is 0 Å². The fraction of sp³-hybridized carbons (Fsp3) is 0. The summed E-state index contributed by atoms with van der Waals surface area (Å²) in [4.78, 5) is 20.4. The highest BCUT2D eigenvalue weighted by Crippen LogP contribution is 2.31. The van der Waals surface area contributed by atoms with Crippen molar-refractivity contribution in [1.29, 1.82) is 5.26 Å². The predicted molar refractivity (Wildman–Crippen MR) is 101 cm³/mol. The number of rotatable bonds is 4. The Kier molecular flexibility index (Phi) is 5.32. The molecule has 3 aromatic rings. The van der Waals surface area contributed by atoms with Crippen molar-refractivity contribution < 1.29 is 4.79 Å². The molecule has 0 bridgehead atoms. The number of amides is 1. The van der Waals surface area contributed by atoms with Crippen molar-refractivity contribution in [1.82, 2.24) is 9.97 Å². The number of carbonyl (C=O) groups is 1. The van der Waals surface area contributed by atoms with E-state index in [1.807, 2.05) is 6.07 Å². The van der Waals surface area contributed by atoms with Crippen LogP contribution >= 0.6 is 23.2 Å². The van der Waals surface area contributed by atoms with Crippen molar-refractivity contribution in [3.8, 4) is 6.07 Å². The minimum atomic E-state index is -0.428. The molecule has 6 nitrogen and oxygen atoms in total. The number of anilines is 3. The highest BCUT2D eigenvalue weighted by molar-refractivity contribution is 6.43. The van der Waals surface area contributed by atoms with Gasteiger partial charge in [-0.1, -0.05) is 35.3 Å². The Morgan fingerprint density at radius 2 is 1.88 bits per heavy atom. The number of hydrogen-bond donors (Lipinski definition) is 2. The lowest BCUT2D eigenvalue weighted by Gasteiger charge is -2.09. The third-order valence-corrected chi connectivity index (χ3v) is 4.18. The maximum atomic E-state index is 12.4. The molecule has 1 amide bonds. The number of nitrogens with zero attached hydrogens (tertiary/aromatic N) is 3. The van der Waals surface area contributed by atoms with E-state index in [2.05, 4.69) is 20.6 Å². The van der Waals surface area contributed by atoms with Crippen molar-refractivity contribution in [2.45, 2.75) is 0 Å². The van der Waals surface area contributed by atoms with Crippen LogP contribution in [0.1, 0.15) is 16.1 Å². The molecule has 0 radical (unpaired) electrons. The third kappa shape index (κ3) is 4.09. The largest absolute Gasteiger partial charge is 0.339 e. The van der Waals surface area contributed by atoms with Crippen molar-refractivity contribution in [2.75, 3.05) is 10.6 Å². The van der Waals surface area contributed by atoms with Crippen LogP contribution in [0, 0.1) is 11.3 Å². The summed E-state index contributed by atoms with van der Waals surface area (Å²) < 4.78 is 0. The number of benzene rings is 2. The normalized spacial score (nSPS) is 10.0. The van der Waals surface area contributed by atoms with E-state index in [0.29, 0.717) is 32.8 Å². The molecule has 2 N–H and O–H groups in total. The van der Waals surface area contributed by atoms with Crippen molar-refractivity contribution in [2.24, 2.45) is 0 Å². The highest BCUT2D eigenvalue weighted by atomic mass is 35.5. The summed E-state index contributed by atoms with van der Waals surface area (Å²) in [5, 5.41) is 15.4. The van der Waals surface area contributed by atoms with Gasteiger partial charge in [0.15, 0.2) is 0 Å². The number of carbonyl (C=O) groups excluding carboxylic acids is 1. The van der Waals surface area contributed by atoms with Gasteiger partial charge >= 0.3 is 0 Å². The molecular formula is C18H11Cl2N5O. The lowest BCUT2D eigenvalue weighted by molar-refractivity contribution is 0.102. The molecule has 128 valence electrons. The van der Waals surface area contributed by atoms with E-state index in [-0.39, 0.29) is 5.69 Å². The molecule has 0 aliphatic heterocycles. The molecule has 0 aliphatic rings. The van der Waals surface area contributed by atoms with Crippen LogP contribution in [0.2, 0.25) is 10.0 Å². The molecule has 26 heavy (non-hydrogen) atoms. The van der Waals surface area contributed by atoms with Gasteiger partial charge in [-0.15, -0.1) is 0 Å². The smallest absolute Gasteiger partial charge is 0.274 e. The van der Waals surface area contributed by atoms with Crippen LogP contribution in [-0.4, -0.2) is 15.9 Å². The molecule has 1 heterocycles. The van der Waals surface area contributed by atoms with Crippen LogP contribution < -0.4 is 10.6 Å². The molecule has 0 aliphatic carbocycles. The third-order valence-electron chi connectivity index (χ3n) is 3.36. The van der Waals surface area contributed by atoms with Crippen LogP contribution in [-0.2, 0) is 0 Å². The molecule has 1 aromatic heterocycles. The van der Waals surface area contributed by atoms with Gasteiger partial charge in [0.25, 0.3) is 5.91 Å². The van der Waals surface area contributed by atoms with Gasteiger partial charge in [0.1, 0.15) is 17.8 Å². The number of hydrogen-bond acceptors (Lipinski definition) is 5. The van der Waals surface area contributed by atoms with Gasteiger partial charge < -0.3 is 10.6 Å². The maximum Gasteiger partial charge on any atom is 0.274 e. The molecule has 0 atom stereocenters. The minimum Gasteiger partial charge on any atom is -0.339 e. The summed E-state index contributed by atoms with van der Waals surface area (Å²) in [6, 6.07) is 15.2. The first kappa shape index (κ1) is 17.7. The zero-order chi connectivity index (χ0) is 18.5. The summed E-state index contributed by atoms with van der Waals surface area (Å²) in [5.41, 5.74) is 1.66. The number of nitrogens with one attached hydrogen (secondary N) is 2. The lowest BCUT2D eigenvalue weighted by atomic mass is 10.2. The summed E-state index contributed by atoms with van der Waals surface area (Å²) in [6.07, 6.45) is 1.27. The Hall–Kier alpha value is -3.14. The number of aromatic nitrogens is 2. The molecule has 0 saturated carbocycles. The van der Waals surface area contributed by atoms with Crippen LogP contribution in [0.4, 0.5) is 17.2 Å². The lowest BCUT2D eigenvalue weighted by Crippen LogP contribution is -2.14. The van der Waals surface area contributed by atoms with E-state index in [0.717, 1.165) is 0 Å². The van der Waals surface area contributed by atoms with E-state index in [1.165, 1.54) is 12.4 Å². The van der Waals surface area contributed by atoms with Crippen LogP contribution in [0.5, 0.6) is 0 Å². The zero-order valence-electron chi connectivity index (χ0n) is 13.2. The Bertz CT molecular complexity index is 1020. The van der Waals surface area contributed by atoms with E-state index < -0.39 is 5.91 Å². The van der Waals surface area contributed by atoms with Gasteiger partial charge in [0.05, 0.1) is 27.4 Å². The first-order valence-corrected chi connectivity index (χ1v) is 8.17. The summed E-state index contributed by atoms with van der Waals surface area (Å²) in [5.74, 6) is -0.0391. The Labute approximate surface area is 159 Å². The van der Waals surface area contributed by atoms with Crippen molar-refractivity contribution in [3.05, 3.63) is 76.2 Å². The molecule has 8 heteroatoms. The summed E-state index contributed by atoms with van der Waals surface area (Å²) in [6.45, 7) is 0. The van der Waals surface area contributed by atoms with Gasteiger partial charge in [-0.2, -0.15) is 5.26 Å². The molecular weight excluding hydrogens is 373 g/mol. The predicted octanol–water partition coefficient (Wildman–Crippen LogP) is 4.65. The molecule has 0 saturated heterocycles. The van der Waals surface area contributed by atoms with E-state index in [1.54, 1.807) is 42.5 Å². The Balaban J connectivity index is 1.79. The van der Waals surface area contributed by atoms with Crippen molar-refractivity contribution in [3.63, 3.8) is 0 Å². The number of nitriles is 1. The average Bonchev–Trinajstić information content (AvgIpc) is 2.66. The topological polar surface area (TPSA) is 90.7 Å². The average molecular weight is 384 g/mol. The van der Waals surface area contributed by atoms with E-state index in [9.17, 15) is 4.79 Å². The standard InChI is InChI=1S/C18H11Cl2N5O/c19-13-5-2-6-14(17(13)20)25-16-8-15(22-10-23-16)18(26)24-12-4-1-3-11(7-12)9-21/h1-8,10H,(H,24,26)(H,22,23,25). The van der Waals surface area contributed by atoms with E-state index in [4.69, 9.17) is 28.5 Å². The van der Waals surface area contributed by atoms with Crippen molar-refractivity contribution >= 4 is 46.3 Å². The van der Waals surface area contributed by atoms with Crippen LogP contribution in [0.15, 0.2) is 54.9 Å². The monoisotopic (exact) mass is 383 g/mol. The Morgan fingerprint density at radius 1 is 1.08 bits per heavy atom. The van der Waals surface area contributed by atoms with Gasteiger partial charge in [-0.3, -0.25) is 4.79 Å². The molecule has 3 rings (SSSR count). The van der Waals surface area contributed by atoms with Gasteiger partial charge in [-0.05, 0) is 30.3 Å². The first-order valence-electron chi connectivity index (χ1n) is 7.41. The second-order valence-corrected chi connectivity index (χ2v) is 5.95. The van der Waals surface area contributed by atoms with Gasteiger partial charge in [0, 0.05) is 11.8 Å². The molecule has 2 aromatic carbocycles. The van der Waals surface area contributed by atoms with Gasteiger partial charge in [0.2, 0.25) is 0 Å². The SMILES string of the molecule is N#Cc1cccc(NC(=O)c2cc(Nc3cccc(Cl)c3Cl)ncn2)c1. The zero-order valence-corrected chi connectivity index (χ0v) is 14.7. The Morgan fingerprint density at radius 3 is 2.69 bits per heavy atom. The molecule has 0 spiro atoms. The molecule has 0 fully saturated rings. The maximum absolute atomic E-state index is 12.4. The molecule has 0 unspecified atom stereocenters. The second kappa shape index (κ2) is 7.83. The quantitative estimate of drug-likeness (QED) is 0.683. The fourth-order valence-corrected chi connectivity index (χ4v) is 2.50. The second-order valence-electron chi connectivity index (χ2n) is 5.16. The minimum absolute atomic E-state index is 0.156. The van der Waals surface area contributed by atoms with Crippen LogP contribution in [0.3, 0.4) is 0 Å². The van der Waals surface area contributed by atoms with E-state index >= 15 is 0 Å². The first-order chi connectivity index (χ1) is 12.6. The fourth-order valence-electron chi connectivity index (χ4n) is 2.15. The van der Waals surface area contributed by atoms with Gasteiger partial charge in [-0.25, -0.2) is 9.97 Å². The summed E-state index contributed by atoms with van der Waals surface area (Å²) >= 11 is 12.1. The summed E-state index contributed by atoms with van der Waals surface area (Å²) in [7, 11) is 0. The number of halogens is 2.